The van der Waals surface area contributed by atoms with Crippen molar-refractivity contribution in [3.05, 3.63) is 75.2 Å². The Hall–Kier alpha value is -3.62. The Kier molecular flexibility index (Phi) is 5.19. The average Bonchev–Trinajstić information content (AvgIpc) is 3.26. The summed E-state index contributed by atoms with van der Waals surface area (Å²) in [4.78, 5) is 48.8. The molecule has 33 heavy (non-hydrogen) atoms. The highest BCUT2D eigenvalue weighted by molar-refractivity contribution is 5.97. The molecule has 0 radical (unpaired) electrons. The first-order valence-electron chi connectivity index (χ1n) is 10.9. The van der Waals surface area contributed by atoms with Crippen LogP contribution in [0.1, 0.15) is 39.1 Å². The zero-order valence-electron chi connectivity index (χ0n) is 18.0. The number of aromatic nitrogens is 2. The number of fused-ring (bicyclic) bond motifs is 2. The second kappa shape index (κ2) is 8.06. The summed E-state index contributed by atoms with van der Waals surface area (Å²) in [5.74, 6) is -3.18. The van der Waals surface area contributed by atoms with Crippen molar-refractivity contribution in [2.24, 2.45) is 5.92 Å². The fourth-order valence-electron chi connectivity index (χ4n) is 4.93. The maximum atomic E-state index is 14.4. The van der Waals surface area contributed by atoms with Crippen molar-refractivity contribution in [2.75, 3.05) is 19.6 Å². The number of benzene rings is 1. The molecule has 1 N–H and O–H groups in total. The molecule has 5 rings (SSSR count). The molecule has 0 spiro atoms. The van der Waals surface area contributed by atoms with Gasteiger partial charge in [0.05, 0.1) is 11.6 Å². The number of aryl methyl sites for hydroxylation is 1. The van der Waals surface area contributed by atoms with Crippen LogP contribution in [0.15, 0.2) is 41.3 Å². The van der Waals surface area contributed by atoms with Gasteiger partial charge in [-0.15, -0.1) is 0 Å². The predicted octanol–water partition coefficient (Wildman–Crippen LogP) is 2.89. The molecule has 3 aromatic rings. The Bertz CT molecular complexity index is 1340. The van der Waals surface area contributed by atoms with Crippen molar-refractivity contribution in [3.8, 4) is 0 Å². The van der Waals surface area contributed by atoms with Gasteiger partial charge >= 0.3 is 0 Å². The second-order valence-corrected chi connectivity index (χ2v) is 8.69. The number of halogens is 2. The molecule has 0 aliphatic carbocycles. The van der Waals surface area contributed by atoms with Crippen LogP contribution in [-0.4, -0.2) is 57.3 Å². The third kappa shape index (κ3) is 3.57. The van der Waals surface area contributed by atoms with Gasteiger partial charge in [0.15, 0.2) is 11.6 Å². The van der Waals surface area contributed by atoms with E-state index in [4.69, 9.17) is 0 Å². The van der Waals surface area contributed by atoms with E-state index in [1.165, 1.54) is 30.0 Å². The van der Waals surface area contributed by atoms with Crippen LogP contribution in [-0.2, 0) is 0 Å². The molecule has 2 amide bonds. The first-order valence-corrected chi connectivity index (χ1v) is 10.9. The third-order valence-electron chi connectivity index (χ3n) is 6.68. The van der Waals surface area contributed by atoms with Crippen molar-refractivity contribution >= 4 is 22.8 Å². The predicted molar refractivity (Wildman–Crippen MR) is 117 cm³/mol. The van der Waals surface area contributed by atoms with E-state index in [1.807, 2.05) is 0 Å². The monoisotopic (exact) mass is 452 g/mol. The number of aromatic amines is 1. The lowest BCUT2D eigenvalue weighted by Crippen LogP contribution is -2.49. The molecular weight excluding hydrogens is 430 g/mol. The number of nitrogens with one attached hydrogen (secondary N) is 1. The summed E-state index contributed by atoms with van der Waals surface area (Å²) >= 11 is 0. The van der Waals surface area contributed by atoms with Gasteiger partial charge in [-0.1, -0.05) is 6.07 Å². The zero-order chi connectivity index (χ0) is 23.3. The molecule has 7 nitrogen and oxygen atoms in total. The number of hydrogen-bond acceptors (Lipinski definition) is 4. The summed E-state index contributed by atoms with van der Waals surface area (Å²) in [5, 5.41) is 0.647. The van der Waals surface area contributed by atoms with Gasteiger partial charge in [-0.2, -0.15) is 0 Å². The fraction of sp³-hybridized carbons (Fsp3) is 0.333. The van der Waals surface area contributed by atoms with Crippen LogP contribution in [0.4, 0.5) is 8.78 Å². The van der Waals surface area contributed by atoms with Crippen LogP contribution in [0, 0.1) is 24.5 Å². The first-order chi connectivity index (χ1) is 15.8. The van der Waals surface area contributed by atoms with E-state index < -0.39 is 29.0 Å². The van der Waals surface area contributed by atoms with E-state index >= 15 is 0 Å². The smallest absolute Gasteiger partial charge is 0.262 e. The number of pyridine rings is 2. The number of amides is 2. The standard InChI is InChI=1S/C24H22F2N4O3/c1-13-6-7-16(20(26)19(13)25)23(32)29-11-15-5-3-9-30(18(15)12-29)24(33)17-10-14-4-2-8-27-21(14)28-22(17)31/h2,4,6-8,10,15,18H,3,5,9,11-12H2,1H3,(H,27,28,31)/t15-,18+/m1/s1. The minimum absolute atomic E-state index is 0.00575. The Morgan fingerprint density at radius 1 is 1.09 bits per heavy atom. The maximum absolute atomic E-state index is 14.4. The van der Waals surface area contributed by atoms with Crippen LogP contribution < -0.4 is 5.56 Å². The number of carbonyl (C=O) groups excluding carboxylic acids is 2. The molecule has 9 heteroatoms. The number of likely N-dealkylation sites (tertiary alicyclic amines) is 2. The van der Waals surface area contributed by atoms with Crippen molar-refractivity contribution in [3.63, 3.8) is 0 Å². The molecule has 2 fully saturated rings. The number of carbonyl (C=O) groups is 2. The van der Waals surface area contributed by atoms with Gasteiger partial charge in [-0.25, -0.2) is 13.8 Å². The van der Waals surface area contributed by atoms with Crippen LogP contribution in [0.25, 0.3) is 11.0 Å². The molecule has 2 aliphatic heterocycles. The minimum atomic E-state index is -1.15. The largest absolute Gasteiger partial charge is 0.336 e. The normalized spacial score (nSPS) is 20.2. The van der Waals surface area contributed by atoms with Crippen molar-refractivity contribution in [1.29, 1.82) is 0 Å². The van der Waals surface area contributed by atoms with Gasteiger partial charge in [0.1, 0.15) is 11.2 Å². The summed E-state index contributed by atoms with van der Waals surface area (Å²) in [5.41, 5.74) is -0.274. The van der Waals surface area contributed by atoms with Gasteiger partial charge in [0, 0.05) is 31.2 Å². The highest BCUT2D eigenvalue weighted by Crippen LogP contribution is 2.33. The van der Waals surface area contributed by atoms with Crippen LogP contribution in [0.2, 0.25) is 0 Å². The van der Waals surface area contributed by atoms with E-state index in [0.717, 1.165) is 12.8 Å². The molecule has 170 valence electrons. The van der Waals surface area contributed by atoms with E-state index in [1.54, 1.807) is 23.2 Å². The van der Waals surface area contributed by atoms with Crippen molar-refractivity contribution < 1.29 is 18.4 Å². The van der Waals surface area contributed by atoms with E-state index in [2.05, 4.69) is 9.97 Å². The maximum Gasteiger partial charge on any atom is 0.262 e. The summed E-state index contributed by atoms with van der Waals surface area (Å²) in [7, 11) is 0. The van der Waals surface area contributed by atoms with Gasteiger partial charge < -0.3 is 14.8 Å². The van der Waals surface area contributed by atoms with E-state index in [-0.39, 0.29) is 35.2 Å². The Labute approximate surface area is 188 Å². The molecule has 2 atom stereocenters. The number of H-pyrrole nitrogens is 1. The Morgan fingerprint density at radius 3 is 2.73 bits per heavy atom. The summed E-state index contributed by atoms with van der Waals surface area (Å²) in [6, 6.07) is 7.40. The second-order valence-electron chi connectivity index (χ2n) is 8.69. The summed E-state index contributed by atoms with van der Waals surface area (Å²) in [6.07, 6.45) is 3.10. The highest BCUT2D eigenvalue weighted by atomic mass is 19.2. The molecule has 0 saturated carbocycles. The van der Waals surface area contributed by atoms with Crippen LogP contribution >= 0.6 is 0 Å². The lowest BCUT2D eigenvalue weighted by Gasteiger charge is -2.36. The van der Waals surface area contributed by atoms with Gasteiger partial charge in [-0.3, -0.25) is 14.4 Å². The molecule has 4 heterocycles. The minimum Gasteiger partial charge on any atom is -0.336 e. The van der Waals surface area contributed by atoms with E-state index in [0.29, 0.717) is 24.1 Å². The lowest BCUT2D eigenvalue weighted by atomic mass is 9.91. The molecule has 0 bridgehead atoms. The zero-order valence-corrected chi connectivity index (χ0v) is 18.0. The first kappa shape index (κ1) is 21.2. The Morgan fingerprint density at radius 2 is 1.91 bits per heavy atom. The van der Waals surface area contributed by atoms with Gasteiger partial charge in [0.2, 0.25) is 0 Å². The molecule has 2 aliphatic rings. The number of nitrogens with zero attached hydrogens (tertiary/aromatic N) is 3. The quantitative estimate of drug-likeness (QED) is 0.648. The third-order valence-corrected chi connectivity index (χ3v) is 6.68. The number of rotatable bonds is 2. The summed E-state index contributed by atoms with van der Waals surface area (Å²) < 4.78 is 28.4. The van der Waals surface area contributed by atoms with Crippen LogP contribution in [0.3, 0.4) is 0 Å². The van der Waals surface area contributed by atoms with E-state index in [9.17, 15) is 23.2 Å². The molecule has 1 aromatic carbocycles. The van der Waals surface area contributed by atoms with Gasteiger partial charge in [-0.05, 0) is 55.5 Å². The average molecular weight is 452 g/mol. The SMILES string of the molecule is Cc1ccc(C(=O)N2C[C@H]3CCCN(C(=O)c4cc5cccnc5[nH]c4=O)[C@H]3C2)c(F)c1F. The topological polar surface area (TPSA) is 86.4 Å². The highest BCUT2D eigenvalue weighted by Gasteiger charge is 2.43. The van der Waals surface area contributed by atoms with Crippen LogP contribution in [0.5, 0.6) is 0 Å². The van der Waals surface area contributed by atoms with Crippen molar-refractivity contribution in [1.82, 2.24) is 19.8 Å². The molecular formula is C24H22F2N4O3. The molecule has 0 unspecified atom stereocenters. The lowest BCUT2D eigenvalue weighted by molar-refractivity contribution is 0.0562. The number of piperidine rings is 1. The fourth-order valence-corrected chi connectivity index (χ4v) is 4.93. The van der Waals surface area contributed by atoms with Gasteiger partial charge in [0.25, 0.3) is 17.4 Å². The van der Waals surface area contributed by atoms with Crippen molar-refractivity contribution in [2.45, 2.75) is 25.8 Å². The molecule has 2 aromatic heterocycles. The molecule has 2 saturated heterocycles. The number of hydrogen-bond donors (Lipinski definition) is 1. The summed E-state index contributed by atoms with van der Waals surface area (Å²) in [6.45, 7) is 2.45. The Balaban J connectivity index is 1.42.